The second-order valence-electron chi connectivity index (χ2n) is 18.0. The SMILES string of the molecule is CC1(C)CCCCCc2ccc3nc(-c4ccccc4)c(nc3c2)O[C@@H]2C[C@@H](C(=O)N[C@@]3(C(=O)NS(=O)(=O)C4CC4)C[C@H]3C(F)F)N(C2)C(=O)[C@H](C(C)(C)C)NC(=O)O1. The molecule has 1 saturated heterocycles. The van der Waals surface area contributed by atoms with Gasteiger partial charge in [0.2, 0.25) is 34.1 Å². The summed E-state index contributed by atoms with van der Waals surface area (Å²) >= 11 is 0. The molecule has 2 aromatic carbocycles. The molecule has 17 heteroatoms. The number of cyclic esters (lactones) is 1. The molecule has 7 rings (SSSR count). The Morgan fingerprint density at radius 1 is 1.00 bits per heavy atom. The van der Waals surface area contributed by atoms with Crippen LogP contribution < -0.4 is 20.1 Å². The maximum atomic E-state index is 14.8. The van der Waals surface area contributed by atoms with Crippen molar-refractivity contribution in [1.82, 2.24) is 30.2 Å². The molecule has 1 aromatic heterocycles. The van der Waals surface area contributed by atoms with Gasteiger partial charge in [0.25, 0.3) is 5.91 Å². The Balaban J connectivity index is 1.27. The van der Waals surface area contributed by atoms with Gasteiger partial charge in [-0.3, -0.25) is 19.1 Å². The maximum absolute atomic E-state index is 14.8. The summed E-state index contributed by atoms with van der Waals surface area (Å²) in [5.41, 5.74) is -0.642. The number of hydrogen-bond acceptors (Lipinski definition) is 10. The number of nitrogens with one attached hydrogen (secondary N) is 3. The molecule has 2 aliphatic heterocycles. The number of hydrogen-bond donors (Lipinski definition) is 3. The molecular weight excluding hydrogens is 787 g/mol. The molecule has 0 radical (unpaired) electrons. The minimum absolute atomic E-state index is 0.145. The predicted molar refractivity (Wildman–Crippen MR) is 214 cm³/mol. The van der Waals surface area contributed by atoms with Gasteiger partial charge in [-0.1, -0.05) is 63.6 Å². The van der Waals surface area contributed by atoms with Gasteiger partial charge in [0.15, 0.2) is 0 Å². The fraction of sp³-hybridized carbons (Fsp3) is 0.571. The van der Waals surface area contributed by atoms with Crippen molar-refractivity contribution in [1.29, 1.82) is 0 Å². The Hall–Kier alpha value is -4.93. The second-order valence-corrected chi connectivity index (χ2v) is 19.9. The van der Waals surface area contributed by atoms with Gasteiger partial charge in [0.1, 0.15) is 35.0 Å². The minimum Gasteiger partial charge on any atom is -0.471 e. The zero-order chi connectivity index (χ0) is 42.5. The Morgan fingerprint density at radius 3 is 2.39 bits per heavy atom. The lowest BCUT2D eigenvalue weighted by Crippen LogP contribution is -2.60. The van der Waals surface area contributed by atoms with Crippen LogP contribution in [0, 0.1) is 11.3 Å². The molecule has 3 heterocycles. The number of rotatable bonds is 7. The average Bonchev–Trinajstić information content (AvgIpc) is 4.09. The van der Waals surface area contributed by atoms with Crippen LogP contribution >= 0.6 is 0 Å². The van der Waals surface area contributed by atoms with Crippen molar-refractivity contribution < 1.29 is 45.9 Å². The van der Waals surface area contributed by atoms with Gasteiger partial charge in [0.05, 0.1) is 28.7 Å². The van der Waals surface area contributed by atoms with E-state index < -0.39 is 92.6 Å². The molecule has 2 saturated carbocycles. The van der Waals surface area contributed by atoms with Gasteiger partial charge in [-0.25, -0.2) is 32.0 Å². The van der Waals surface area contributed by atoms with Gasteiger partial charge in [0, 0.05) is 12.0 Å². The number of amides is 4. The summed E-state index contributed by atoms with van der Waals surface area (Å²) in [4.78, 5) is 67.2. The highest BCUT2D eigenvalue weighted by Crippen LogP contribution is 2.48. The first-order valence-corrected chi connectivity index (χ1v) is 21.8. The summed E-state index contributed by atoms with van der Waals surface area (Å²) in [7, 11) is -4.15. The van der Waals surface area contributed by atoms with Crippen LogP contribution in [-0.4, -0.2) is 94.6 Å². The van der Waals surface area contributed by atoms with E-state index in [4.69, 9.17) is 19.4 Å². The Labute approximate surface area is 342 Å². The summed E-state index contributed by atoms with van der Waals surface area (Å²) in [6.45, 7) is 8.60. The summed E-state index contributed by atoms with van der Waals surface area (Å²) in [6, 6.07) is 12.5. The summed E-state index contributed by atoms with van der Waals surface area (Å²) in [5, 5.41) is 4.36. The van der Waals surface area contributed by atoms with Crippen molar-refractivity contribution in [2.75, 3.05) is 6.54 Å². The minimum atomic E-state index is -4.15. The van der Waals surface area contributed by atoms with Gasteiger partial charge in [-0.2, -0.15) is 0 Å². The fourth-order valence-corrected chi connectivity index (χ4v) is 9.36. The van der Waals surface area contributed by atoms with Crippen LogP contribution in [0.4, 0.5) is 13.6 Å². The first-order valence-electron chi connectivity index (χ1n) is 20.3. The van der Waals surface area contributed by atoms with Crippen molar-refractivity contribution in [2.24, 2.45) is 11.3 Å². The largest absolute Gasteiger partial charge is 0.471 e. The van der Waals surface area contributed by atoms with E-state index in [9.17, 15) is 36.4 Å². The van der Waals surface area contributed by atoms with Crippen molar-refractivity contribution >= 4 is 44.9 Å². The Morgan fingerprint density at radius 2 is 1.73 bits per heavy atom. The van der Waals surface area contributed by atoms with Crippen LogP contribution in [0.3, 0.4) is 0 Å². The first kappa shape index (κ1) is 42.2. The highest BCUT2D eigenvalue weighted by Gasteiger charge is 2.67. The molecular formula is C42H52F2N6O8S. The second kappa shape index (κ2) is 15.9. The highest BCUT2D eigenvalue weighted by atomic mass is 32.2. The van der Waals surface area contributed by atoms with E-state index in [1.807, 2.05) is 53.3 Å². The third kappa shape index (κ3) is 9.29. The normalized spacial score (nSPS) is 26.5. The molecule has 2 aliphatic carbocycles. The number of fused-ring (bicyclic) bond motifs is 4. The van der Waals surface area contributed by atoms with Gasteiger partial charge < -0.3 is 25.0 Å². The standard InChI is InChI=1S/C42H52F2N6O8S/c1-40(2,3)33-37(52)50-23-26(21-31(50)35(51)48-42(22-28(42)34(43)44)38(53)49-59(55,56)27-16-17-27)57-36-32(25-13-9-6-10-14-25)45-29-18-15-24(20-30(29)46-36)12-8-7-11-19-41(4,5)58-39(54)47-33/h6,9-10,13-15,18,20,26-28,31,33-34H,7-8,11-12,16-17,19,21-23H2,1-5H3,(H,47,54)(H,48,51)(H,49,53)/t26-,28+,31+,33-,42+/m1/s1. The van der Waals surface area contributed by atoms with E-state index in [-0.39, 0.29) is 18.8 Å². The number of aromatic nitrogens is 2. The zero-order valence-electron chi connectivity index (χ0n) is 33.9. The number of alkyl carbamates (subject to hydrolysis) is 1. The number of sulfonamides is 1. The molecule has 0 unspecified atom stereocenters. The Kier molecular flexibility index (Phi) is 11.4. The lowest BCUT2D eigenvalue weighted by atomic mass is 9.85. The number of carbonyl (C=O) groups excluding carboxylic acids is 4. The van der Waals surface area contributed by atoms with Gasteiger partial charge in [-0.05, 0) is 81.9 Å². The van der Waals surface area contributed by atoms with Crippen LogP contribution in [0.25, 0.3) is 22.3 Å². The van der Waals surface area contributed by atoms with E-state index in [1.165, 1.54) is 4.90 Å². The molecule has 5 atom stereocenters. The lowest BCUT2D eigenvalue weighted by Gasteiger charge is -2.36. The summed E-state index contributed by atoms with van der Waals surface area (Å²) in [5.74, 6) is -4.41. The summed E-state index contributed by atoms with van der Waals surface area (Å²) in [6.07, 6.45) is -0.954. The van der Waals surface area contributed by atoms with Gasteiger partial charge in [-0.15, -0.1) is 0 Å². The topological polar surface area (TPSA) is 186 Å². The zero-order valence-corrected chi connectivity index (χ0v) is 34.7. The number of carbonyl (C=O) groups is 4. The highest BCUT2D eigenvalue weighted by molar-refractivity contribution is 7.91. The van der Waals surface area contributed by atoms with Crippen LogP contribution in [-0.2, 0) is 35.6 Å². The van der Waals surface area contributed by atoms with Crippen molar-refractivity contribution in [3.63, 3.8) is 0 Å². The third-order valence-electron chi connectivity index (χ3n) is 11.6. The number of benzene rings is 2. The first-order chi connectivity index (χ1) is 27.8. The molecule has 3 fully saturated rings. The van der Waals surface area contributed by atoms with Crippen molar-refractivity contribution in [3.05, 3.63) is 54.1 Å². The van der Waals surface area contributed by atoms with E-state index >= 15 is 0 Å². The molecule has 4 amide bonds. The molecule has 3 N–H and O–H groups in total. The van der Waals surface area contributed by atoms with Gasteiger partial charge >= 0.3 is 6.09 Å². The van der Waals surface area contributed by atoms with E-state index in [2.05, 4.69) is 10.6 Å². The molecule has 318 valence electrons. The molecule has 4 aliphatic rings. The average molecular weight is 839 g/mol. The Bertz CT molecular complexity index is 2230. The van der Waals surface area contributed by atoms with Crippen LogP contribution in [0.5, 0.6) is 5.88 Å². The molecule has 59 heavy (non-hydrogen) atoms. The molecule has 14 nitrogen and oxygen atoms in total. The smallest absolute Gasteiger partial charge is 0.408 e. The van der Waals surface area contributed by atoms with E-state index in [1.54, 1.807) is 34.6 Å². The number of alkyl halides is 2. The van der Waals surface area contributed by atoms with Crippen molar-refractivity contribution in [3.8, 4) is 17.1 Å². The van der Waals surface area contributed by atoms with E-state index in [0.29, 0.717) is 41.6 Å². The number of ether oxygens (including phenoxy) is 2. The quantitative estimate of drug-likeness (QED) is 0.277. The summed E-state index contributed by atoms with van der Waals surface area (Å²) < 4.78 is 68.3. The monoisotopic (exact) mass is 838 g/mol. The number of nitrogens with zero attached hydrogens (tertiary/aromatic N) is 3. The lowest BCUT2D eigenvalue weighted by molar-refractivity contribution is -0.143. The fourth-order valence-electron chi connectivity index (χ4n) is 8.00. The maximum Gasteiger partial charge on any atom is 0.408 e. The van der Waals surface area contributed by atoms with Crippen LogP contribution in [0.1, 0.15) is 91.5 Å². The van der Waals surface area contributed by atoms with Crippen LogP contribution in [0.2, 0.25) is 0 Å². The third-order valence-corrected chi connectivity index (χ3v) is 13.4. The van der Waals surface area contributed by atoms with E-state index in [0.717, 1.165) is 31.2 Å². The molecule has 5 bridgehead atoms. The number of aryl methyl sites for hydroxylation is 1. The van der Waals surface area contributed by atoms with Crippen LogP contribution in [0.15, 0.2) is 48.5 Å². The van der Waals surface area contributed by atoms with Crippen molar-refractivity contribution in [2.45, 2.75) is 133 Å². The number of halogens is 2. The molecule has 0 spiro atoms. The molecule has 3 aromatic rings. The predicted octanol–water partition coefficient (Wildman–Crippen LogP) is 5.43.